The van der Waals surface area contributed by atoms with Crippen LogP contribution in [0.3, 0.4) is 0 Å². The zero-order valence-electron chi connectivity index (χ0n) is 6.17. The van der Waals surface area contributed by atoms with Gasteiger partial charge in [0.25, 0.3) is 0 Å². The van der Waals surface area contributed by atoms with Crippen LogP contribution in [0.2, 0.25) is 0 Å². The number of aliphatic hydroxyl groups excluding tert-OH is 1. The maximum atomic E-state index is 8.91. The average Bonchev–Trinajstić information content (AvgIpc) is 2.04. The van der Waals surface area contributed by atoms with Crippen molar-refractivity contribution < 1.29 is 5.11 Å². The molecule has 1 aromatic rings. The maximum Gasteiger partial charge on any atom is 0.0692 e. The Balaban J connectivity index is 3.06. The molecule has 0 atom stereocenters. The first-order chi connectivity index (χ1) is 5.27. The van der Waals surface area contributed by atoms with Crippen LogP contribution in [0.1, 0.15) is 5.56 Å². The lowest BCUT2D eigenvalue weighted by Gasteiger charge is -2.03. The molecule has 0 spiro atoms. The van der Waals surface area contributed by atoms with Gasteiger partial charge in [0, 0.05) is 9.37 Å². The summed E-state index contributed by atoms with van der Waals surface area (Å²) >= 11 is 5.02. The molecule has 0 aromatic heterocycles. The molecule has 60 valence electrons. The average molecular weight is 233 g/mol. The van der Waals surface area contributed by atoms with E-state index in [1.54, 1.807) is 11.8 Å². The van der Waals surface area contributed by atoms with Crippen LogP contribution in [0.4, 0.5) is 0 Å². The highest BCUT2D eigenvalue weighted by molar-refractivity contribution is 9.10. The fourth-order valence-corrected chi connectivity index (χ4v) is 2.00. The van der Waals surface area contributed by atoms with Crippen LogP contribution < -0.4 is 0 Å². The van der Waals surface area contributed by atoms with Crippen molar-refractivity contribution in [2.45, 2.75) is 11.5 Å². The first-order valence-electron chi connectivity index (χ1n) is 3.21. The Hall–Kier alpha value is 0.01000. The molecule has 0 fully saturated rings. The Kier molecular flexibility index (Phi) is 3.43. The fraction of sp³-hybridized carbons (Fsp3) is 0.250. The molecule has 11 heavy (non-hydrogen) atoms. The first kappa shape index (κ1) is 9.10. The Bertz CT molecular complexity index is 250. The molecule has 0 aliphatic rings. The van der Waals surface area contributed by atoms with Gasteiger partial charge in [-0.15, -0.1) is 11.8 Å². The van der Waals surface area contributed by atoms with E-state index in [0.29, 0.717) is 0 Å². The third-order valence-corrected chi connectivity index (χ3v) is 2.73. The number of hydrogen-bond acceptors (Lipinski definition) is 2. The van der Waals surface area contributed by atoms with Gasteiger partial charge >= 0.3 is 0 Å². The number of hydrogen-bond donors (Lipinski definition) is 1. The minimum Gasteiger partial charge on any atom is -0.392 e. The van der Waals surface area contributed by atoms with Crippen LogP contribution in [-0.2, 0) is 6.61 Å². The lowest BCUT2D eigenvalue weighted by molar-refractivity contribution is 0.279. The summed E-state index contributed by atoms with van der Waals surface area (Å²) in [4.78, 5) is 1.13. The second-order valence-corrected chi connectivity index (χ2v) is 3.88. The minimum absolute atomic E-state index is 0.115. The topological polar surface area (TPSA) is 20.2 Å². The quantitative estimate of drug-likeness (QED) is 0.792. The van der Waals surface area contributed by atoms with Crippen molar-refractivity contribution in [1.29, 1.82) is 0 Å². The molecule has 0 aliphatic carbocycles. The number of thioether (sulfide) groups is 1. The van der Waals surface area contributed by atoms with Gasteiger partial charge in [-0.05, 0) is 24.0 Å². The normalized spacial score (nSPS) is 10.1. The van der Waals surface area contributed by atoms with E-state index in [4.69, 9.17) is 5.11 Å². The highest BCUT2D eigenvalue weighted by Gasteiger charge is 1.99. The Morgan fingerprint density at radius 2 is 2.27 bits per heavy atom. The van der Waals surface area contributed by atoms with Crippen molar-refractivity contribution in [3.8, 4) is 0 Å². The first-order valence-corrected chi connectivity index (χ1v) is 5.23. The van der Waals surface area contributed by atoms with E-state index in [2.05, 4.69) is 15.9 Å². The van der Waals surface area contributed by atoms with E-state index in [1.165, 1.54) is 0 Å². The van der Waals surface area contributed by atoms with Gasteiger partial charge in [-0.2, -0.15) is 0 Å². The predicted molar refractivity (Wildman–Crippen MR) is 51.8 cm³/mol. The molecular formula is C8H9BrOS. The van der Waals surface area contributed by atoms with Crippen molar-refractivity contribution in [1.82, 2.24) is 0 Å². The minimum atomic E-state index is 0.115. The third-order valence-electron chi connectivity index (χ3n) is 1.42. The van der Waals surface area contributed by atoms with Crippen LogP contribution in [-0.4, -0.2) is 11.4 Å². The Morgan fingerprint density at radius 1 is 1.55 bits per heavy atom. The summed E-state index contributed by atoms with van der Waals surface area (Å²) in [6, 6.07) is 5.87. The Morgan fingerprint density at radius 3 is 2.82 bits per heavy atom. The van der Waals surface area contributed by atoms with Crippen molar-refractivity contribution >= 4 is 27.7 Å². The molecule has 0 radical (unpaired) electrons. The van der Waals surface area contributed by atoms with Crippen molar-refractivity contribution in [2.24, 2.45) is 0 Å². The number of halogens is 1. The molecule has 0 saturated carbocycles. The summed E-state index contributed by atoms with van der Waals surface area (Å²) in [6.07, 6.45) is 2.00. The zero-order chi connectivity index (χ0) is 8.27. The van der Waals surface area contributed by atoms with Crippen LogP contribution in [0.5, 0.6) is 0 Å². The predicted octanol–water partition coefficient (Wildman–Crippen LogP) is 2.66. The van der Waals surface area contributed by atoms with E-state index < -0.39 is 0 Å². The molecule has 0 aliphatic heterocycles. The molecule has 1 N–H and O–H groups in total. The van der Waals surface area contributed by atoms with Crippen molar-refractivity contribution in [2.75, 3.05) is 6.26 Å². The largest absolute Gasteiger partial charge is 0.392 e. The molecule has 1 nitrogen and oxygen atoms in total. The molecule has 0 saturated heterocycles. The third kappa shape index (κ3) is 2.22. The molecule has 0 heterocycles. The monoisotopic (exact) mass is 232 g/mol. The van der Waals surface area contributed by atoms with Gasteiger partial charge in [0.05, 0.1) is 6.61 Å². The van der Waals surface area contributed by atoms with Crippen molar-refractivity contribution in [3.63, 3.8) is 0 Å². The molecule has 0 bridgehead atoms. The van der Waals surface area contributed by atoms with E-state index in [9.17, 15) is 0 Å². The molecular weight excluding hydrogens is 224 g/mol. The van der Waals surface area contributed by atoms with E-state index in [1.807, 2.05) is 24.5 Å². The molecule has 0 unspecified atom stereocenters. The van der Waals surface area contributed by atoms with Gasteiger partial charge in [-0.3, -0.25) is 0 Å². The summed E-state index contributed by atoms with van der Waals surface area (Å²) < 4.78 is 1.05. The van der Waals surface area contributed by atoms with Crippen LogP contribution in [0.15, 0.2) is 27.6 Å². The van der Waals surface area contributed by atoms with Gasteiger partial charge in [0.1, 0.15) is 0 Å². The lowest BCUT2D eigenvalue weighted by atomic mass is 10.2. The van der Waals surface area contributed by atoms with E-state index in [-0.39, 0.29) is 6.61 Å². The van der Waals surface area contributed by atoms with E-state index >= 15 is 0 Å². The smallest absolute Gasteiger partial charge is 0.0692 e. The second-order valence-electron chi connectivity index (χ2n) is 2.11. The molecule has 1 rings (SSSR count). The zero-order valence-corrected chi connectivity index (χ0v) is 8.58. The van der Waals surface area contributed by atoms with Gasteiger partial charge in [-0.1, -0.05) is 22.0 Å². The van der Waals surface area contributed by atoms with Gasteiger partial charge < -0.3 is 5.11 Å². The second kappa shape index (κ2) is 4.14. The van der Waals surface area contributed by atoms with Gasteiger partial charge in [0.15, 0.2) is 0 Å². The Labute approximate surface area is 78.9 Å². The maximum absolute atomic E-state index is 8.91. The summed E-state index contributed by atoms with van der Waals surface area (Å²) in [7, 11) is 0. The molecule has 0 amide bonds. The number of rotatable bonds is 2. The van der Waals surface area contributed by atoms with E-state index in [0.717, 1.165) is 14.9 Å². The number of benzene rings is 1. The van der Waals surface area contributed by atoms with Crippen molar-refractivity contribution in [3.05, 3.63) is 28.2 Å². The summed E-state index contributed by atoms with van der Waals surface area (Å²) in [6.45, 7) is 0.115. The fourth-order valence-electron chi connectivity index (χ4n) is 0.849. The van der Waals surface area contributed by atoms with Gasteiger partial charge in [0.2, 0.25) is 0 Å². The molecule has 1 aromatic carbocycles. The highest BCUT2D eigenvalue weighted by atomic mass is 79.9. The van der Waals surface area contributed by atoms with Crippen LogP contribution in [0.25, 0.3) is 0 Å². The molecule has 3 heteroatoms. The highest BCUT2D eigenvalue weighted by Crippen LogP contribution is 2.24. The number of aliphatic hydroxyl groups is 1. The summed E-state index contributed by atoms with van der Waals surface area (Å²) in [5.74, 6) is 0. The lowest BCUT2D eigenvalue weighted by Crippen LogP contribution is -1.85. The standard InChI is InChI=1S/C8H9BrOS/c1-11-8-4-7(9)3-2-6(8)5-10/h2-4,10H,5H2,1H3. The van der Waals surface area contributed by atoms with Crippen LogP contribution >= 0.6 is 27.7 Å². The summed E-state index contributed by atoms with van der Waals surface area (Å²) in [5, 5.41) is 8.91. The van der Waals surface area contributed by atoms with Crippen LogP contribution in [0, 0.1) is 0 Å². The summed E-state index contributed by atoms with van der Waals surface area (Å²) in [5.41, 5.74) is 0.987. The van der Waals surface area contributed by atoms with Gasteiger partial charge in [-0.25, -0.2) is 0 Å². The SMILES string of the molecule is CSc1cc(Br)ccc1CO.